The molecular weight excluding hydrogens is 350 g/mol. The van der Waals surface area contributed by atoms with Crippen molar-refractivity contribution in [1.82, 2.24) is 5.43 Å². The van der Waals surface area contributed by atoms with Gasteiger partial charge in [0.05, 0.1) is 6.04 Å². The number of benzene rings is 2. The highest BCUT2D eigenvalue weighted by molar-refractivity contribution is 9.10. The van der Waals surface area contributed by atoms with Crippen LogP contribution in [0.2, 0.25) is 5.02 Å². The van der Waals surface area contributed by atoms with Crippen molar-refractivity contribution in [2.24, 2.45) is 5.84 Å². The Morgan fingerprint density at radius 1 is 1.20 bits per heavy atom. The summed E-state index contributed by atoms with van der Waals surface area (Å²) in [6, 6.07) is 8.45. The third-order valence-corrected chi connectivity index (χ3v) is 3.92. The van der Waals surface area contributed by atoms with Crippen LogP contribution in [-0.2, 0) is 6.42 Å². The summed E-state index contributed by atoms with van der Waals surface area (Å²) in [6.45, 7) is 0. The average Bonchev–Trinajstić information content (AvgIpc) is 2.39. The SMILES string of the molecule is NNC(Cc1ccc(Cl)cc1F)c1c(F)cccc1Br. The Morgan fingerprint density at radius 3 is 2.55 bits per heavy atom. The Hall–Kier alpha value is -1.01. The van der Waals surface area contributed by atoms with Gasteiger partial charge < -0.3 is 0 Å². The van der Waals surface area contributed by atoms with Crippen LogP contribution in [0.3, 0.4) is 0 Å². The molecule has 2 rings (SSSR count). The molecule has 0 heterocycles. The minimum atomic E-state index is -0.554. The van der Waals surface area contributed by atoms with Crippen LogP contribution in [0.25, 0.3) is 0 Å². The molecule has 20 heavy (non-hydrogen) atoms. The van der Waals surface area contributed by atoms with E-state index in [2.05, 4.69) is 21.4 Å². The van der Waals surface area contributed by atoms with E-state index in [1.54, 1.807) is 24.3 Å². The lowest BCUT2D eigenvalue weighted by atomic mass is 9.98. The molecule has 0 radical (unpaired) electrons. The number of rotatable bonds is 4. The zero-order valence-corrected chi connectivity index (χ0v) is 12.7. The van der Waals surface area contributed by atoms with E-state index in [1.165, 1.54) is 12.1 Å². The lowest BCUT2D eigenvalue weighted by molar-refractivity contribution is 0.496. The van der Waals surface area contributed by atoms with E-state index in [4.69, 9.17) is 17.4 Å². The van der Waals surface area contributed by atoms with E-state index in [1.807, 2.05) is 0 Å². The van der Waals surface area contributed by atoms with Gasteiger partial charge in [-0.25, -0.2) is 8.78 Å². The van der Waals surface area contributed by atoms with E-state index < -0.39 is 17.7 Å². The molecule has 2 nitrogen and oxygen atoms in total. The molecule has 1 unspecified atom stereocenters. The van der Waals surface area contributed by atoms with Crippen LogP contribution in [0.1, 0.15) is 17.2 Å². The maximum atomic E-state index is 13.9. The van der Waals surface area contributed by atoms with Gasteiger partial charge in [-0.15, -0.1) is 0 Å². The highest BCUT2D eigenvalue weighted by atomic mass is 79.9. The summed E-state index contributed by atoms with van der Waals surface area (Å²) in [7, 11) is 0. The minimum Gasteiger partial charge on any atom is -0.271 e. The van der Waals surface area contributed by atoms with E-state index in [0.29, 0.717) is 20.6 Å². The van der Waals surface area contributed by atoms with Crippen molar-refractivity contribution in [2.45, 2.75) is 12.5 Å². The number of nitrogens with two attached hydrogens (primary N) is 1. The Bertz CT molecular complexity index is 602. The number of halogens is 4. The summed E-state index contributed by atoms with van der Waals surface area (Å²) in [5.74, 6) is 4.64. The highest BCUT2D eigenvalue weighted by Crippen LogP contribution is 2.29. The first kappa shape index (κ1) is 15.4. The van der Waals surface area contributed by atoms with E-state index in [-0.39, 0.29) is 6.42 Å². The summed E-state index contributed by atoms with van der Waals surface area (Å²) >= 11 is 8.99. The van der Waals surface area contributed by atoms with Crippen LogP contribution >= 0.6 is 27.5 Å². The summed E-state index contributed by atoms with van der Waals surface area (Å²) in [6.07, 6.45) is 0.207. The molecule has 0 aromatic heterocycles. The normalized spacial score (nSPS) is 12.4. The van der Waals surface area contributed by atoms with Gasteiger partial charge in [-0.05, 0) is 36.2 Å². The summed E-state index contributed by atoms with van der Waals surface area (Å²) < 4.78 is 28.3. The number of nitrogens with one attached hydrogen (secondary N) is 1. The number of hydrogen-bond donors (Lipinski definition) is 2. The van der Waals surface area contributed by atoms with Crippen LogP contribution in [0.15, 0.2) is 40.9 Å². The average molecular weight is 362 g/mol. The van der Waals surface area contributed by atoms with E-state index in [0.717, 1.165) is 0 Å². The molecule has 3 N–H and O–H groups in total. The monoisotopic (exact) mass is 360 g/mol. The van der Waals surface area contributed by atoms with Crippen molar-refractivity contribution in [3.63, 3.8) is 0 Å². The van der Waals surface area contributed by atoms with Crippen molar-refractivity contribution in [2.75, 3.05) is 0 Å². The molecule has 106 valence electrons. The van der Waals surface area contributed by atoms with Crippen molar-refractivity contribution in [3.05, 3.63) is 68.7 Å². The molecule has 0 amide bonds. The van der Waals surface area contributed by atoms with Gasteiger partial charge in [0.1, 0.15) is 11.6 Å². The Morgan fingerprint density at radius 2 is 1.95 bits per heavy atom. The molecule has 0 aliphatic carbocycles. The van der Waals surface area contributed by atoms with Crippen LogP contribution in [-0.4, -0.2) is 0 Å². The fourth-order valence-electron chi connectivity index (χ4n) is 2.00. The lowest BCUT2D eigenvalue weighted by Gasteiger charge is -2.19. The van der Waals surface area contributed by atoms with Gasteiger partial charge in [0, 0.05) is 15.1 Å². The number of hydrazine groups is 1. The first-order valence-corrected chi connectivity index (χ1v) is 7.04. The first-order valence-electron chi connectivity index (χ1n) is 5.87. The molecule has 2 aromatic rings. The molecule has 0 saturated heterocycles. The fraction of sp³-hybridized carbons (Fsp3) is 0.143. The zero-order valence-electron chi connectivity index (χ0n) is 10.3. The molecule has 1 atom stereocenters. The summed E-state index contributed by atoms with van der Waals surface area (Å²) in [4.78, 5) is 0. The van der Waals surface area contributed by atoms with Gasteiger partial charge in [0.2, 0.25) is 0 Å². The van der Waals surface area contributed by atoms with Crippen molar-refractivity contribution < 1.29 is 8.78 Å². The quantitative estimate of drug-likeness (QED) is 0.635. The van der Waals surface area contributed by atoms with Gasteiger partial charge in [0.25, 0.3) is 0 Å². The second-order valence-corrected chi connectivity index (χ2v) is 5.59. The Balaban J connectivity index is 2.34. The summed E-state index contributed by atoms with van der Waals surface area (Å²) in [5.41, 5.74) is 3.30. The highest BCUT2D eigenvalue weighted by Gasteiger charge is 2.19. The van der Waals surface area contributed by atoms with Crippen LogP contribution < -0.4 is 11.3 Å². The van der Waals surface area contributed by atoms with Gasteiger partial charge in [0.15, 0.2) is 0 Å². The van der Waals surface area contributed by atoms with E-state index in [9.17, 15) is 8.78 Å². The molecule has 0 aliphatic heterocycles. The second kappa shape index (κ2) is 6.63. The largest absolute Gasteiger partial charge is 0.271 e. The van der Waals surface area contributed by atoms with Crippen LogP contribution in [0.4, 0.5) is 8.78 Å². The standard InChI is InChI=1S/C14H12BrClF2N2/c15-10-2-1-3-11(17)14(10)13(20-19)6-8-4-5-9(16)7-12(8)18/h1-5,7,13,20H,6,19H2. The molecule has 0 bridgehead atoms. The van der Waals surface area contributed by atoms with Gasteiger partial charge in [-0.3, -0.25) is 11.3 Å². The van der Waals surface area contributed by atoms with Crippen molar-refractivity contribution in [3.8, 4) is 0 Å². The van der Waals surface area contributed by atoms with E-state index >= 15 is 0 Å². The predicted octanol–water partition coefficient (Wildman–Crippen LogP) is 4.13. The maximum Gasteiger partial charge on any atom is 0.129 e. The van der Waals surface area contributed by atoms with Crippen LogP contribution in [0.5, 0.6) is 0 Å². The second-order valence-electron chi connectivity index (χ2n) is 4.29. The summed E-state index contributed by atoms with van der Waals surface area (Å²) in [5, 5.41) is 0.315. The molecular formula is C14H12BrClF2N2. The Labute approximate surface area is 129 Å². The molecule has 0 fully saturated rings. The molecule has 2 aromatic carbocycles. The van der Waals surface area contributed by atoms with Gasteiger partial charge >= 0.3 is 0 Å². The van der Waals surface area contributed by atoms with Crippen LogP contribution in [0, 0.1) is 11.6 Å². The zero-order chi connectivity index (χ0) is 14.7. The lowest BCUT2D eigenvalue weighted by Crippen LogP contribution is -2.30. The predicted molar refractivity (Wildman–Crippen MR) is 79.3 cm³/mol. The molecule has 0 saturated carbocycles. The van der Waals surface area contributed by atoms with Gasteiger partial charge in [-0.2, -0.15) is 0 Å². The van der Waals surface area contributed by atoms with Crippen molar-refractivity contribution >= 4 is 27.5 Å². The van der Waals surface area contributed by atoms with Crippen molar-refractivity contribution in [1.29, 1.82) is 0 Å². The third kappa shape index (κ3) is 3.35. The third-order valence-electron chi connectivity index (χ3n) is 2.99. The molecule has 0 spiro atoms. The first-order chi connectivity index (χ1) is 9.52. The fourth-order valence-corrected chi connectivity index (χ4v) is 2.77. The maximum absolute atomic E-state index is 13.9. The van der Waals surface area contributed by atoms with Gasteiger partial charge in [-0.1, -0.05) is 39.7 Å². The number of hydrogen-bond acceptors (Lipinski definition) is 2. The molecule has 0 aliphatic rings. The Kier molecular flexibility index (Phi) is 5.10. The molecule has 6 heteroatoms. The smallest absolute Gasteiger partial charge is 0.129 e. The topological polar surface area (TPSA) is 38.0 Å². The minimum absolute atomic E-state index is 0.207.